The fourth-order valence-electron chi connectivity index (χ4n) is 3.05. The molecule has 2 N–H and O–H groups in total. The molecule has 1 atom stereocenters. The SMILES string of the molecule is C#CCOc1ccc2ccccc2c1[C@H]1NC(=O)c2cccnc2N1. The van der Waals surface area contributed by atoms with Crippen molar-refractivity contribution in [2.45, 2.75) is 6.17 Å². The normalized spacial score (nSPS) is 15.6. The number of aromatic nitrogens is 1. The predicted molar refractivity (Wildman–Crippen MR) is 96.3 cm³/mol. The van der Waals surface area contributed by atoms with Crippen LogP contribution in [-0.4, -0.2) is 17.5 Å². The summed E-state index contributed by atoms with van der Waals surface area (Å²) < 4.78 is 5.72. The number of carbonyl (C=O) groups is 1. The second kappa shape index (κ2) is 6.17. The van der Waals surface area contributed by atoms with Gasteiger partial charge in [0.05, 0.1) is 5.56 Å². The summed E-state index contributed by atoms with van der Waals surface area (Å²) in [6, 6.07) is 15.2. The highest BCUT2D eigenvalue weighted by atomic mass is 16.5. The van der Waals surface area contributed by atoms with Crippen molar-refractivity contribution in [3.05, 3.63) is 65.9 Å². The van der Waals surface area contributed by atoms with Crippen molar-refractivity contribution in [2.75, 3.05) is 11.9 Å². The largest absolute Gasteiger partial charge is 0.480 e. The molecule has 4 rings (SSSR count). The van der Waals surface area contributed by atoms with E-state index in [1.165, 1.54) is 0 Å². The topological polar surface area (TPSA) is 63.2 Å². The van der Waals surface area contributed by atoms with E-state index in [0.29, 0.717) is 17.1 Å². The fourth-order valence-corrected chi connectivity index (χ4v) is 3.05. The summed E-state index contributed by atoms with van der Waals surface area (Å²) in [5, 5.41) is 8.28. The van der Waals surface area contributed by atoms with Crippen molar-refractivity contribution in [1.82, 2.24) is 10.3 Å². The molecule has 122 valence electrons. The molecule has 3 aromatic rings. The number of hydrogen-bond donors (Lipinski definition) is 2. The Balaban J connectivity index is 1.85. The summed E-state index contributed by atoms with van der Waals surface area (Å²) in [5.74, 6) is 3.48. The highest BCUT2D eigenvalue weighted by Gasteiger charge is 2.28. The number of amides is 1. The molecule has 2 heterocycles. The van der Waals surface area contributed by atoms with Crippen molar-refractivity contribution < 1.29 is 9.53 Å². The maximum absolute atomic E-state index is 12.5. The van der Waals surface area contributed by atoms with E-state index in [1.54, 1.807) is 18.3 Å². The van der Waals surface area contributed by atoms with Crippen molar-refractivity contribution >= 4 is 22.5 Å². The maximum atomic E-state index is 12.5. The van der Waals surface area contributed by atoms with Gasteiger partial charge in [0.2, 0.25) is 0 Å². The Morgan fingerprint density at radius 1 is 1.12 bits per heavy atom. The van der Waals surface area contributed by atoms with Crippen LogP contribution in [0.2, 0.25) is 0 Å². The van der Waals surface area contributed by atoms with Gasteiger partial charge in [0.15, 0.2) is 0 Å². The number of terminal acetylenes is 1. The van der Waals surface area contributed by atoms with Gasteiger partial charge in [0, 0.05) is 11.8 Å². The van der Waals surface area contributed by atoms with Crippen LogP contribution in [0.25, 0.3) is 10.8 Å². The van der Waals surface area contributed by atoms with Gasteiger partial charge >= 0.3 is 0 Å². The van der Waals surface area contributed by atoms with Crippen molar-refractivity contribution in [2.24, 2.45) is 0 Å². The van der Waals surface area contributed by atoms with Crippen LogP contribution in [0.15, 0.2) is 54.7 Å². The molecule has 0 saturated heterocycles. The molecule has 0 aliphatic carbocycles. The second-order valence-electron chi connectivity index (χ2n) is 5.64. The third-order valence-corrected chi connectivity index (χ3v) is 4.14. The van der Waals surface area contributed by atoms with Crippen molar-refractivity contribution in [1.29, 1.82) is 0 Å². The predicted octanol–water partition coefficient (Wildman–Crippen LogP) is 3.10. The molecule has 1 aliphatic heterocycles. The molecule has 5 heteroatoms. The Morgan fingerprint density at radius 2 is 2.00 bits per heavy atom. The Hall–Kier alpha value is -3.52. The number of nitrogens with one attached hydrogen (secondary N) is 2. The van der Waals surface area contributed by atoms with Crippen LogP contribution >= 0.6 is 0 Å². The molecule has 1 aliphatic rings. The second-order valence-corrected chi connectivity index (χ2v) is 5.64. The number of fused-ring (bicyclic) bond motifs is 2. The van der Waals surface area contributed by atoms with E-state index in [0.717, 1.165) is 16.3 Å². The van der Waals surface area contributed by atoms with Gasteiger partial charge in [-0.3, -0.25) is 4.79 Å². The average molecular weight is 329 g/mol. The maximum Gasteiger partial charge on any atom is 0.256 e. The first-order valence-electron chi connectivity index (χ1n) is 7.88. The van der Waals surface area contributed by atoms with Gasteiger partial charge in [-0.25, -0.2) is 4.98 Å². The van der Waals surface area contributed by atoms with Gasteiger partial charge in [-0.15, -0.1) is 6.42 Å². The van der Waals surface area contributed by atoms with E-state index in [9.17, 15) is 4.79 Å². The Morgan fingerprint density at radius 3 is 2.88 bits per heavy atom. The third-order valence-electron chi connectivity index (χ3n) is 4.14. The third kappa shape index (κ3) is 2.64. The zero-order valence-corrected chi connectivity index (χ0v) is 13.3. The lowest BCUT2D eigenvalue weighted by molar-refractivity contribution is 0.0935. The summed E-state index contributed by atoms with van der Waals surface area (Å²) in [5.41, 5.74) is 1.35. The summed E-state index contributed by atoms with van der Waals surface area (Å²) in [7, 11) is 0. The fraction of sp³-hybridized carbons (Fsp3) is 0.100. The average Bonchev–Trinajstić information content (AvgIpc) is 2.65. The lowest BCUT2D eigenvalue weighted by Crippen LogP contribution is -2.39. The summed E-state index contributed by atoms with van der Waals surface area (Å²) in [6.07, 6.45) is 6.52. The van der Waals surface area contributed by atoms with E-state index in [4.69, 9.17) is 11.2 Å². The van der Waals surface area contributed by atoms with E-state index in [1.807, 2.05) is 36.4 Å². The molecule has 25 heavy (non-hydrogen) atoms. The van der Waals surface area contributed by atoms with Crippen LogP contribution < -0.4 is 15.4 Å². The molecule has 1 aromatic heterocycles. The highest BCUT2D eigenvalue weighted by Crippen LogP contribution is 2.35. The standard InChI is InChI=1S/C20H15N3O2/c1-2-12-25-16-10-9-13-6-3-4-7-14(13)17(16)19-22-18-15(20(24)23-19)8-5-11-21-18/h1,3-11,19H,12H2,(H,21,22)(H,23,24)/t19-/m1/s1. The van der Waals surface area contributed by atoms with E-state index < -0.39 is 6.17 Å². The molecule has 0 saturated carbocycles. The van der Waals surface area contributed by atoms with Gasteiger partial charge in [0.1, 0.15) is 24.3 Å². The minimum absolute atomic E-state index is 0.154. The Labute approximate surface area is 145 Å². The quantitative estimate of drug-likeness (QED) is 0.725. The lowest BCUT2D eigenvalue weighted by Gasteiger charge is -2.29. The van der Waals surface area contributed by atoms with Gasteiger partial charge in [0.25, 0.3) is 5.91 Å². The molecule has 1 amide bonds. The molecule has 0 radical (unpaired) electrons. The van der Waals surface area contributed by atoms with Crippen molar-refractivity contribution in [3.63, 3.8) is 0 Å². The van der Waals surface area contributed by atoms with Gasteiger partial charge in [-0.05, 0) is 29.0 Å². The molecule has 0 spiro atoms. The number of anilines is 1. The molecular weight excluding hydrogens is 314 g/mol. The molecule has 2 aromatic carbocycles. The molecule has 0 unspecified atom stereocenters. The zero-order chi connectivity index (χ0) is 17.2. The van der Waals surface area contributed by atoms with Crippen LogP contribution in [0.1, 0.15) is 22.1 Å². The number of hydrogen-bond acceptors (Lipinski definition) is 4. The summed E-state index contributed by atoms with van der Waals surface area (Å²) in [6.45, 7) is 0.154. The van der Waals surface area contributed by atoms with Crippen LogP contribution in [0.5, 0.6) is 5.75 Å². The van der Waals surface area contributed by atoms with E-state index in [2.05, 4.69) is 21.5 Å². The van der Waals surface area contributed by atoms with Gasteiger partial charge in [-0.2, -0.15) is 0 Å². The molecule has 0 fully saturated rings. The first-order valence-corrected chi connectivity index (χ1v) is 7.88. The molecular formula is C20H15N3O2. The molecule has 0 bridgehead atoms. The van der Waals surface area contributed by atoms with Crippen molar-refractivity contribution in [3.8, 4) is 18.1 Å². The monoisotopic (exact) mass is 329 g/mol. The van der Waals surface area contributed by atoms with E-state index in [-0.39, 0.29) is 12.5 Å². The van der Waals surface area contributed by atoms with Crippen LogP contribution in [0.3, 0.4) is 0 Å². The summed E-state index contributed by atoms with van der Waals surface area (Å²) >= 11 is 0. The van der Waals surface area contributed by atoms with Crippen LogP contribution in [0.4, 0.5) is 5.82 Å². The van der Waals surface area contributed by atoms with Crippen LogP contribution in [0, 0.1) is 12.3 Å². The number of rotatable bonds is 3. The Kier molecular flexibility index (Phi) is 3.71. The number of benzene rings is 2. The number of carbonyl (C=O) groups excluding carboxylic acids is 1. The lowest BCUT2D eigenvalue weighted by atomic mass is 9.99. The highest BCUT2D eigenvalue weighted by molar-refractivity contribution is 6.01. The van der Waals surface area contributed by atoms with Crippen LogP contribution in [-0.2, 0) is 0 Å². The minimum Gasteiger partial charge on any atom is -0.480 e. The smallest absolute Gasteiger partial charge is 0.256 e. The summed E-state index contributed by atoms with van der Waals surface area (Å²) in [4.78, 5) is 16.7. The number of pyridine rings is 1. The Bertz CT molecular complexity index is 1010. The number of nitrogens with zero attached hydrogens (tertiary/aromatic N) is 1. The van der Waals surface area contributed by atoms with Gasteiger partial charge in [-0.1, -0.05) is 36.3 Å². The molecule has 5 nitrogen and oxygen atoms in total. The first kappa shape index (κ1) is 15.0. The van der Waals surface area contributed by atoms with E-state index >= 15 is 0 Å². The minimum atomic E-state index is -0.464. The van der Waals surface area contributed by atoms with Gasteiger partial charge < -0.3 is 15.4 Å². The first-order chi connectivity index (χ1) is 12.3. The zero-order valence-electron chi connectivity index (χ0n) is 13.3. The number of ether oxygens (including phenoxy) is 1.